The number of ether oxygens (including phenoxy) is 2. The zero-order valence-corrected chi connectivity index (χ0v) is 3.52. The van der Waals surface area contributed by atoms with Crippen LogP contribution in [0, 0.1) is 0 Å². The van der Waals surface area contributed by atoms with Gasteiger partial charge in [-0.2, -0.15) is 0 Å². The fourth-order valence-electron chi connectivity index (χ4n) is 0.370. The van der Waals surface area contributed by atoms with Crippen molar-refractivity contribution in [3.05, 3.63) is 0 Å². The Morgan fingerprint density at radius 1 is 1.17 bits per heavy atom. The molecule has 1 rings (SSSR count). The monoisotopic (exact) mass is 85.0 g/mol. The van der Waals surface area contributed by atoms with Crippen molar-refractivity contribution in [3.8, 4) is 0 Å². The summed E-state index contributed by atoms with van der Waals surface area (Å²) < 4.78 is 9.58. The smallest absolute Gasteiger partial charge is 0.179 e. The van der Waals surface area contributed by atoms with Crippen molar-refractivity contribution in [3.63, 3.8) is 0 Å². The van der Waals surface area contributed by atoms with Crippen molar-refractivity contribution < 1.29 is 9.47 Å². The second kappa shape index (κ2) is 2.21. The lowest BCUT2D eigenvalue weighted by Crippen LogP contribution is -2.19. The van der Waals surface area contributed by atoms with Gasteiger partial charge in [0.1, 0.15) is 6.79 Å². The van der Waals surface area contributed by atoms with E-state index >= 15 is 0 Å². The van der Waals surface area contributed by atoms with Gasteiger partial charge in [-0.25, -0.2) is 0 Å². The van der Waals surface area contributed by atoms with Crippen molar-refractivity contribution in [1.82, 2.24) is 0 Å². The summed E-state index contributed by atoms with van der Waals surface area (Å²) in [6.07, 6.45) is 0. The SMILES string of the molecule is [B]1COCOC1. The van der Waals surface area contributed by atoms with Gasteiger partial charge in [0.2, 0.25) is 0 Å². The van der Waals surface area contributed by atoms with Crippen LogP contribution in [0.2, 0.25) is 0 Å². The molecule has 1 heterocycles. The van der Waals surface area contributed by atoms with Crippen LogP contribution in [0.1, 0.15) is 0 Å². The van der Waals surface area contributed by atoms with Crippen LogP contribution in [0.5, 0.6) is 0 Å². The molecule has 0 atom stereocenters. The molecule has 0 aromatic heterocycles. The Morgan fingerprint density at radius 3 is 2.00 bits per heavy atom. The molecule has 0 spiro atoms. The van der Waals surface area contributed by atoms with Crippen LogP contribution in [-0.4, -0.2) is 27.1 Å². The van der Waals surface area contributed by atoms with E-state index in [0.29, 0.717) is 6.79 Å². The molecule has 0 aromatic rings. The maximum absolute atomic E-state index is 4.79. The minimum absolute atomic E-state index is 0.469. The lowest BCUT2D eigenvalue weighted by Gasteiger charge is -2.08. The fourth-order valence-corrected chi connectivity index (χ4v) is 0.370. The molecule has 0 saturated carbocycles. The normalized spacial score (nSPS) is 22.7. The second-order valence-electron chi connectivity index (χ2n) is 1.15. The Bertz CT molecular complexity index is 24.3. The van der Waals surface area contributed by atoms with Crippen molar-refractivity contribution in [1.29, 1.82) is 0 Å². The average molecular weight is 84.9 g/mol. The van der Waals surface area contributed by atoms with Crippen LogP contribution in [-0.2, 0) is 9.47 Å². The highest BCUT2D eigenvalue weighted by Gasteiger charge is 1.96. The quantitative estimate of drug-likeness (QED) is 0.373. The highest BCUT2D eigenvalue weighted by molar-refractivity contribution is 6.35. The van der Waals surface area contributed by atoms with E-state index in [2.05, 4.69) is 0 Å². The van der Waals surface area contributed by atoms with Gasteiger partial charge >= 0.3 is 0 Å². The van der Waals surface area contributed by atoms with E-state index in [1.807, 2.05) is 7.28 Å². The maximum Gasteiger partial charge on any atom is 0.179 e. The van der Waals surface area contributed by atoms with Gasteiger partial charge in [-0.3, -0.25) is 0 Å². The van der Waals surface area contributed by atoms with Crippen molar-refractivity contribution in [2.75, 3.05) is 19.8 Å². The first-order chi connectivity index (χ1) is 3.00. The van der Waals surface area contributed by atoms with E-state index < -0.39 is 0 Å². The molecule has 6 heavy (non-hydrogen) atoms. The van der Waals surface area contributed by atoms with Gasteiger partial charge in [-0.05, 0) is 0 Å². The molecule has 1 saturated heterocycles. The third-order valence-electron chi connectivity index (χ3n) is 0.638. The molecule has 33 valence electrons. The van der Waals surface area contributed by atoms with E-state index in [9.17, 15) is 0 Å². The third-order valence-corrected chi connectivity index (χ3v) is 0.638. The average Bonchev–Trinajstić information content (AvgIpc) is 1.72. The largest absolute Gasteiger partial charge is 0.364 e. The van der Waals surface area contributed by atoms with Crippen LogP contribution >= 0.6 is 0 Å². The summed E-state index contributed by atoms with van der Waals surface area (Å²) in [5.74, 6) is 0. The molecular weight excluding hydrogens is 78.8 g/mol. The summed E-state index contributed by atoms with van der Waals surface area (Å²) in [4.78, 5) is 0. The zero-order valence-electron chi connectivity index (χ0n) is 3.52. The molecule has 0 unspecified atom stereocenters. The second-order valence-corrected chi connectivity index (χ2v) is 1.15. The number of hydrogen-bond acceptors (Lipinski definition) is 2. The molecule has 1 aliphatic heterocycles. The molecule has 0 amide bonds. The Balaban J connectivity index is 2.00. The molecule has 2 nitrogen and oxygen atoms in total. The number of rotatable bonds is 0. The Hall–Kier alpha value is -0.0151. The lowest BCUT2D eigenvalue weighted by molar-refractivity contribution is -0.0389. The summed E-state index contributed by atoms with van der Waals surface area (Å²) >= 11 is 0. The molecule has 1 fully saturated rings. The van der Waals surface area contributed by atoms with E-state index in [4.69, 9.17) is 9.47 Å². The van der Waals surface area contributed by atoms with Crippen LogP contribution in [0.15, 0.2) is 0 Å². The standard InChI is InChI=1S/C3H6BO2/c1-4-2-6-3-5-1/h1-3H2. The molecule has 0 bridgehead atoms. The minimum atomic E-state index is 0.469. The highest BCUT2D eigenvalue weighted by Crippen LogP contribution is 1.82. The Kier molecular flexibility index (Phi) is 1.53. The number of hydrogen-bond donors (Lipinski definition) is 0. The van der Waals surface area contributed by atoms with E-state index in [1.165, 1.54) is 0 Å². The van der Waals surface area contributed by atoms with Gasteiger partial charge in [0.15, 0.2) is 7.28 Å². The van der Waals surface area contributed by atoms with Crippen LogP contribution < -0.4 is 0 Å². The van der Waals surface area contributed by atoms with Gasteiger partial charge in [0.25, 0.3) is 0 Å². The van der Waals surface area contributed by atoms with Crippen LogP contribution in [0.25, 0.3) is 0 Å². The molecule has 0 aliphatic carbocycles. The summed E-state index contributed by atoms with van der Waals surface area (Å²) in [5.41, 5.74) is 0. The molecule has 3 heteroatoms. The lowest BCUT2D eigenvalue weighted by atomic mass is 9.82. The van der Waals surface area contributed by atoms with Gasteiger partial charge in [0, 0.05) is 13.0 Å². The van der Waals surface area contributed by atoms with Crippen LogP contribution in [0.3, 0.4) is 0 Å². The van der Waals surface area contributed by atoms with Crippen molar-refractivity contribution in [2.24, 2.45) is 0 Å². The Labute approximate surface area is 37.7 Å². The maximum atomic E-state index is 4.79. The first-order valence-electron chi connectivity index (χ1n) is 1.97. The van der Waals surface area contributed by atoms with Gasteiger partial charge in [0.05, 0.1) is 0 Å². The molecule has 1 aliphatic rings. The van der Waals surface area contributed by atoms with Gasteiger partial charge in [-0.1, -0.05) is 0 Å². The van der Waals surface area contributed by atoms with Gasteiger partial charge < -0.3 is 9.47 Å². The predicted octanol–water partition coefficient (Wildman–Crippen LogP) is -0.390. The first-order valence-corrected chi connectivity index (χ1v) is 1.97. The third kappa shape index (κ3) is 0.991. The first kappa shape index (κ1) is 4.15. The van der Waals surface area contributed by atoms with Crippen molar-refractivity contribution >= 4 is 7.28 Å². The summed E-state index contributed by atoms with van der Waals surface area (Å²) in [5, 5.41) is 0. The summed E-state index contributed by atoms with van der Waals surface area (Å²) in [6, 6.07) is 0. The molecule has 1 radical (unpaired) electrons. The summed E-state index contributed by atoms with van der Waals surface area (Å²) in [6.45, 7) is 1.97. The molecular formula is C3H6BO2. The minimum Gasteiger partial charge on any atom is -0.364 e. The van der Waals surface area contributed by atoms with Crippen LogP contribution in [0.4, 0.5) is 0 Å². The zero-order chi connectivity index (χ0) is 4.24. The topological polar surface area (TPSA) is 18.5 Å². The van der Waals surface area contributed by atoms with Gasteiger partial charge in [-0.15, -0.1) is 0 Å². The predicted molar refractivity (Wildman–Crippen MR) is 22.5 cm³/mol. The van der Waals surface area contributed by atoms with E-state index in [0.717, 1.165) is 13.0 Å². The molecule has 0 N–H and O–H groups in total. The Morgan fingerprint density at radius 2 is 1.83 bits per heavy atom. The van der Waals surface area contributed by atoms with E-state index in [-0.39, 0.29) is 0 Å². The van der Waals surface area contributed by atoms with Crippen molar-refractivity contribution in [2.45, 2.75) is 0 Å². The van der Waals surface area contributed by atoms with E-state index in [1.54, 1.807) is 0 Å². The fraction of sp³-hybridized carbons (Fsp3) is 1.00. The summed E-state index contributed by atoms with van der Waals surface area (Å²) in [7, 11) is 1.95. The molecule has 0 aromatic carbocycles. The highest BCUT2D eigenvalue weighted by atomic mass is 16.7.